The third-order valence-corrected chi connectivity index (χ3v) is 4.40. The summed E-state index contributed by atoms with van der Waals surface area (Å²) in [5, 5.41) is 3.13. The lowest BCUT2D eigenvalue weighted by Gasteiger charge is -2.41. The Hall–Kier alpha value is -1.03. The topological polar surface area (TPSA) is 50.4 Å². The molecule has 104 valence electrons. The van der Waals surface area contributed by atoms with Gasteiger partial charge in [0, 0.05) is 16.4 Å². The summed E-state index contributed by atoms with van der Waals surface area (Å²) in [6.07, 6.45) is 4.76. The number of nitrogens with two attached hydrogens (primary N) is 1. The van der Waals surface area contributed by atoms with Gasteiger partial charge < -0.3 is 11.1 Å². The molecular formula is C15H22BrN3. The van der Waals surface area contributed by atoms with Gasteiger partial charge in [0.1, 0.15) is 0 Å². The molecule has 0 bridgehead atoms. The first-order valence-corrected chi connectivity index (χ1v) is 7.75. The third kappa shape index (κ3) is 3.50. The second-order valence-corrected chi connectivity index (χ2v) is 6.18. The van der Waals surface area contributed by atoms with Crippen LogP contribution in [0.3, 0.4) is 0 Å². The number of guanidine groups is 1. The number of hydrogen-bond donors (Lipinski definition) is 2. The lowest BCUT2D eigenvalue weighted by molar-refractivity contribution is 0.253. The Morgan fingerprint density at radius 1 is 1.37 bits per heavy atom. The molecule has 1 aromatic carbocycles. The van der Waals surface area contributed by atoms with Crippen LogP contribution in [0.15, 0.2) is 33.7 Å². The zero-order chi connectivity index (χ0) is 13.7. The molecule has 19 heavy (non-hydrogen) atoms. The molecule has 0 radical (unpaired) electrons. The zero-order valence-electron chi connectivity index (χ0n) is 11.5. The Labute approximate surface area is 123 Å². The second-order valence-electron chi connectivity index (χ2n) is 5.27. The van der Waals surface area contributed by atoms with E-state index in [0.29, 0.717) is 5.96 Å². The first-order chi connectivity index (χ1) is 9.16. The number of aliphatic imine (C=N–C) groups is 1. The van der Waals surface area contributed by atoms with E-state index < -0.39 is 0 Å². The van der Waals surface area contributed by atoms with Crippen LogP contribution in [0.5, 0.6) is 0 Å². The fourth-order valence-corrected chi connectivity index (χ4v) is 2.75. The molecule has 3 nitrogen and oxygen atoms in total. The van der Waals surface area contributed by atoms with Crippen LogP contribution in [0.4, 0.5) is 0 Å². The van der Waals surface area contributed by atoms with Crippen LogP contribution < -0.4 is 11.1 Å². The van der Waals surface area contributed by atoms with Crippen molar-refractivity contribution < 1.29 is 0 Å². The molecule has 4 heteroatoms. The van der Waals surface area contributed by atoms with Crippen molar-refractivity contribution in [3.05, 3.63) is 34.3 Å². The molecular weight excluding hydrogens is 302 g/mol. The molecule has 1 saturated carbocycles. The van der Waals surface area contributed by atoms with Crippen LogP contribution >= 0.6 is 15.9 Å². The van der Waals surface area contributed by atoms with Crippen LogP contribution in [0.2, 0.25) is 0 Å². The fourth-order valence-electron chi connectivity index (χ4n) is 2.49. The monoisotopic (exact) mass is 323 g/mol. The number of benzene rings is 1. The highest BCUT2D eigenvalue weighted by Crippen LogP contribution is 2.44. The SMILES string of the molecule is CCCNC(N)=NCC1(c2ccc(Br)cc2)CCC1. The maximum Gasteiger partial charge on any atom is 0.188 e. The number of rotatable bonds is 5. The number of hydrogen-bond acceptors (Lipinski definition) is 1. The highest BCUT2D eigenvalue weighted by Gasteiger charge is 2.38. The summed E-state index contributed by atoms with van der Waals surface area (Å²) in [6.45, 7) is 3.80. The Morgan fingerprint density at radius 2 is 2.05 bits per heavy atom. The highest BCUT2D eigenvalue weighted by molar-refractivity contribution is 9.10. The van der Waals surface area contributed by atoms with E-state index in [2.05, 4.69) is 57.4 Å². The standard InChI is InChI=1S/C15H22BrN3/c1-2-10-18-14(17)19-11-15(8-3-9-15)12-4-6-13(16)7-5-12/h4-7H,2-3,8-11H2,1H3,(H3,17,18,19). The molecule has 1 aliphatic carbocycles. The van der Waals surface area contributed by atoms with Crippen molar-refractivity contribution in [3.8, 4) is 0 Å². The van der Waals surface area contributed by atoms with Gasteiger partial charge in [-0.1, -0.05) is 41.4 Å². The van der Waals surface area contributed by atoms with Gasteiger partial charge in [0.15, 0.2) is 5.96 Å². The molecule has 2 rings (SSSR count). The maximum atomic E-state index is 5.88. The van der Waals surface area contributed by atoms with Crippen molar-refractivity contribution in [2.75, 3.05) is 13.1 Å². The Kier molecular flexibility index (Phi) is 4.86. The Morgan fingerprint density at radius 3 is 2.58 bits per heavy atom. The van der Waals surface area contributed by atoms with E-state index in [9.17, 15) is 0 Å². The molecule has 0 aliphatic heterocycles. The summed E-state index contributed by atoms with van der Waals surface area (Å²) < 4.78 is 1.12. The smallest absolute Gasteiger partial charge is 0.188 e. The second kappa shape index (κ2) is 6.42. The van der Waals surface area contributed by atoms with Crippen molar-refractivity contribution in [2.45, 2.75) is 38.0 Å². The van der Waals surface area contributed by atoms with Gasteiger partial charge in [0.05, 0.1) is 6.54 Å². The van der Waals surface area contributed by atoms with Gasteiger partial charge in [-0.05, 0) is 37.0 Å². The summed E-state index contributed by atoms with van der Waals surface area (Å²) >= 11 is 3.49. The molecule has 0 amide bonds. The van der Waals surface area contributed by atoms with Gasteiger partial charge in [0.2, 0.25) is 0 Å². The predicted molar refractivity (Wildman–Crippen MR) is 84.5 cm³/mol. The van der Waals surface area contributed by atoms with Crippen LogP contribution in [-0.2, 0) is 5.41 Å². The summed E-state index contributed by atoms with van der Waals surface area (Å²) in [4.78, 5) is 4.53. The number of nitrogens with zero attached hydrogens (tertiary/aromatic N) is 1. The molecule has 1 aromatic rings. The third-order valence-electron chi connectivity index (χ3n) is 3.88. The number of halogens is 1. The Balaban J connectivity index is 2.04. The minimum absolute atomic E-state index is 0.208. The Bertz CT molecular complexity index is 435. The van der Waals surface area contributed by atoms with Crippen LogP contribution in [0.1, 0.15) is 38.2 Å². The minimum Gasteiger partial charge on any atom is -0.370 e. The summed E-state index contributed by atoms with van der Waals surface area (Å²) in [5.41, 5.74) is 7.47. The van der Waals surface area contributed by atoms with Crippen molar-refractivity contribution in [1.82, 2.24) is 5.32 Å². The molecule has 3 N–H and O–H groups in total. The molecule has 0 aromatic heterocycles. The van der Waals surface area contributed by atoms with Gasteiger partial charge in [-0.25, -0.2) is 0 Å². The van der Waals surface area contributed by atoms with E-state index in [1.54, 1.807) is 0 Å². The molecule has 0 heterocycles. The quantitative estimate of drug-likeness (QED) is 0.645. The van der Waals surface area contributed by atoms with Crippen LogP contribution in [-0.4, -0.2) is 19.0 Å². The minimum atomic E-state index is 0.208. The van der Waals surface area contributed by atoms with E-state index in [1.807, 2.05) is 0 Å². The molecule has 0 spiro atoms. The lowest BCUT2D eigenvalue weighted by Crippen LogP contribution is -2.40. The van der Waals surface area contributed by atoms with Crippen LogP contribution in [0.25, 0.3) is 0 Å². The summed E-state index contributed by atoms with van der Waals surface area (Å²) in [7, 11) is 0. The molecule has 0 unspecified atom stereocenters. The van der Waals surface area contributed by atoms with Gasteiger partial charge in [-0.15, -0.1) is 0 Å². The van der Waals surface area contributed by atoms with E-state index in [4.69, 9.17) is 5.73 Å². The van der Waals surface area contributed by atoms with Crippen molar-refractivity contribution in [2.24, 2.45) is 10.7 Å². The van der Waals surface area contributed by atoms with Gasteiger partial charge >= 0.3 is 0 Å². The maximum absolute atomic E-state index is 5.88. The normalized spacial score (nSPS) is 17.9. The van der Waals surface area contributed by atoms with Crippen molar-refractivity contribution >= 4 is 21.9 Å². The molecule has 0 atom stereocenters. The van der Waals surface area contributed by atoms with E-state index in [1.165, 1.54) is 24.8 Å². The molecule has 1 aliphatic rings. The number of nitrogens with one attached hydrogen (secondary N) is 1. The average Bonchev–Trinajstić information content (AvgIpc) is 2.37. The van der Waals surface area contributed by atoms with Gasteiger partial charge in [-0.3, -0.25) is 4.99 Å². The van der Waals surface area contributed by atoms with Crippen molar-refractivity contribution in [3.63, 3.8) is 0 Å². The van der Waals surface area contributed by atoms with Gasteiger partial charge in [-0.2, -0.15) is 0 Å². The first-order valence-electron chi connectivity index (χ1n) is 6.96. The average molecular weight is 324 g/mol. The fraction of sp³-hybridized carbons (Fsp3) is 0.533. The summed E-state index contributed by atoms with van der Waals surface area (Å²) in [5.74, 6) is 0.574. The predicted octanol–water partition coefficient (Wildman–Crippen LogP) is 3.19. The van der Waals surface area contributed by atoms with E-state index >= 15 is 0 Å². The lowest BCUT2D eigenvalue weighted by atomic mass is 9.64. The van der Waals surface area contributed by atoms with Gasteiger partial charge in [0.25, 0.3) is 0 Å². The molecule has 0 saturated heterocycles. The van der Waals surface area contributed by atoms with Crippen molar-refractivity contribution in [1.29, 1.82) is 0 Å². The highest BCUT2D eigenvalue weighted by atomic mass is 79.9. The largest absolute Gasteiger partial charge is 0.370 e. The first kappa shape index (κ1) is 14.4. The zero-order valence-corrected chi connectivity index (χ0v) is 13.0. The van der Waals surface area contributed by atoms with Crippen LogP contribution in [0, 0.1) is 0 Å². The van der Waals surface area contributed by atoms with E-state index in [-0.39, 0.29) is 5.41 Å². The van der Waals surface area contributed by atoms with E-state index in [0.717, 1.165) is 24.0 Å². The molecule has 1 fully saturated rings. The summed E-state index contributed by atoms with van der Waals surface area (Å²) in [6, 6.07) is 8.62.